The molecule has 0 aliphatic carbocycles. The van der Waals surface area contributed by atoms with Crippen LogP contribution < -0.4 is 5.32 Å². The summed E-state index contributed by atoms with van der Waals surface area (Å²) in [6.45, 7) is 10.4. The Kier molecular flexibility index (Phi) is 2.81. The fourth-order valence-corrected chi connectivity index (χ4v) is 2.65. The molecule has 0 amide bonds. The molecule has 2 nitrogen and oxygen atoms in total. The van der Waals surface area contributed by atoms with E-state index in [4.69, 9.17) is 4.74 Å². The molecule has 1 aromatic carbocycles. The van der Waals surface area contributed by atoms with Gasteiger partial charge in [-0.15, -0.1) is 0 Å². The summed E-state index contributed by atoms with van der Waals surface area (Å²) in [6.07, 6.45) is 0. The van der Waals surface area contributed by atoms with Crippen LogP contribution in [0.4, 0.5) is 0 Å². The molecule has 1 saturated heterocycles. The van der Waals surface area contributed by atoms with Gasteiger partial charge in [0.25, 0.3) is 0 Å². The Bertz CT molecular complexity index is 387. The molecule has 88 valence electrons. The highest BCUT2D eigenvalue weighted by Crippen LogP contribution is 2.36. The first-order valence-electron chi connectivity index (χ1n) is 5.86. The van der Waals surface area contributed by atoms with Crippen molar-refractivity contribution in [1.82, 2.24) is 5.32 Å². The molecule has 1 N–H and O–H groups in total. The van der Waals surface area contributed by atoms with E-state index in [1.165, 1.54) is 27.8 Å². The molecule has 1 aliphatic rings. The summed E-state index contributed by atoms with van der Waals surface area (Å²) < 4.78 is 5.41. The van der Waals surface area contributed by atoms with E-state index in [9.17, 15) is 0 Å². The van der Waals surface area contributed by atoms with Gasteiger partial charge in [-0.3, -0.25) is 0 Å². The number of aryl methyl sites for hydroxylation is 2. The molecule has 0 spiro atoms. The normalized spacial score (nSPS) is 18.3. The molecular weight excluding hydrogens is 198 g/mol. The van der Waals surface area contributed by atoms with Gasteiger partial charge in [-0.1, -0.05) is 6.07 Å². The van der Waals surface area contributed by atoms with Gasteiger partial charge in [0.05, 0.1) is 18.8 Å². The number of likely N-dealkylation sites (N-methyl/N-ethyl adjacent to an activating group) is 1. The summed E-state index contributed by atoms with van der Waals surface area (Å²) in [5, 5.41) is 3.44. The van der Waals surface area contributed by atoms with Crippen molar-refractivity contribution >= 4 is 0 Å². The van der Waals surface area contributed by atoms with Crippen LogP contribution in [0.5, 0.6) is 0 Å². The molecule has 0 radical (unpaired) electrons. The maximum Gasteiger partial charge on any atom is 0.0911 e. The molecule has 1 aliphatic heterocycles. The van der Waals surface area contributed by atoms with Crippen LogP contribution in [0.25, 0.3) is 0 Å². The molecule has 1 heterocycles. The molecule has 16 heavy (non-hydrogen) atoms. The van der Waals surface area contributed by atoms with E-state index >= 15 is 0 Å². The zero-order valence-corrected chi connectivity index (χ0v) is 10.9. The van der Waals surface area contributed by atoms with Gasteiger partial charge in [0.15, 0.2) is 0 Å². The predicted octanol–water partition coefficient (Wildman–Crippen LogP) is 2.37. The van der Waals surface area contributed by atoms with Crippen molar-refractivity contribution in [2.45, 2.75) is 33.2 Å². The van der Waals surface area contributed by atoms with Crippen LogP contribution in [-0.2, 0) is 10.3 Å². The average Bonchev–Trinajstić information content (AvgIpc) is 2.19. The molecule has 0 atom stereocenters. The average molecular weight is 219 g/mol. The zero-order chi connectivity index (χ0) is 11.9. The summed E-state index contributed by atoms with van der Waals surface area (Å²) in [4.78, 5) is 0. The molecule has 0 unspecified atom stereocenters. The molecule has 0 saturated carbocycles. The number of benzene rings is 1. The highest BCUT2D eigenvalue weighted by Gasteiger charge is 2.41. The Morgan fingerprint density at radius 1 is 1.06 bits per heavy atom. The molecule has 2 heteroatoms. The van der Waals surface area contributed by atoms with Crippen molar-refractivity contribution < 1.29 is 4.74 Å². The first-order chi connectivity index (χ1) is 7.52. The summed E-state index contributed by atoms with van der Waals surface area (Å²) in [5.74, 6) is 0. The van der Waals surface area contributed by atoms with Crippen molar-refractivity contribution in [3.05, 3.63) is 33.9 Å². The lowest BCUT2D eigenvalue weighted by Gasteiger charge is -2.44. The highest BCUT2D eigenvalue weighted by atomic mass is 16.5. The van der Waals surface area contributed by atoms with Crippen molar-refractivity contribution in [2.24, 2.45) is 0 Å². The van der Waals surface area contributed by atoms with Gasteiger partial charge in [-0.05, 0) is 62.6 Å². The Balaban J connectivity index is 2.63. The van der Waals surface area contributed by atoms with Gasteiger partial charge >= 0.3 is 0 Å². The van der Waals surface area contributed by atoms with E-state index in [-0.39, 0.29) is 5.54 Å². The van der Waals surface area contributed by atoms with Crippen LogP contribution in [-0.4, -0.2) is 20.3 Å². The Hall–Kier alpha value is -0.860. The lowest BCUT2D eigenvalue weighted by Crippen LogP contribution is -2.57. The third-order valence-corrected chi connectivity index (χ3v) is 4.02. The van der Waals surface area contributed by atoms with E-state index in [0.717, 1.165) is 13.2 Å². The highest BCUT2D eigenvalue weighted by molar-refractivity contribution is 5.48. The molecule has 2 rings (SSSR count). The SMILES string of the molecule is CNC1(c2c(C)c(C)cc(C)c2C)COC1. The Morgan fingerprint density at radius 3 is 1.88 bits per heavy atom. The van der Waals surface area contributed by atoms with Crippen molar-refractivity contribution in [3.8, 4) is 0 Å². The van der Waals surface area contributed by atoms with Crippen LogP contribution >= 0.6 is 0 Å². The maximum absolute atomic E-state index is 5.41. The number of ether oxygens (including phenoxy) is 1. The lowest BCUT2D eigenvalue weighted by atomic mass is 9.79. The van der Waals surface area contributed by atoms with Crippen LogP contribution in [0.15, 0.2) is 6.07 Å². The van der Waals surface area contributed by atoms with E-state index < -0.39 is 0 Å². The number of rotatable bonds is 2. The molecule has 0 aromatic heterocycles. The number of hydrogen-bond acceptors (Lipinski definition) is 2. The predicted molar refractivity (Wildman–Crippen MR) is 66.9 cm³/mol. The zero-order valence-electron chi connectivity index (χ0n) is 10.9. The Morgan fingerprint density at radius 2 is 1.56 bits per heavy atom. The van der Waals surface area contributed by atoms with Gasteiger partial charge in [0, 0.05) is 0 Å². The van der Waals surface area contributed by atoms with Crippen molar-refractivity contribution in [2.75, 3.05) is 20.3 Å². The number of nitrogens with one attached hydrogen (secondary N) is 1. The molecule has 0 bridgehead atoms. The first-order valence-corrected chi connectivity index (χ1v) is 5.86. The second kappa shape index (κ2) is 3.86. The second-order valence-corrected chi connectivity index (χ2v) is 4.96. The monoisotopic (exact) mass is 219 g/mol. The van der Waals surface area contributed by atoms with E-state index in [1.807, 2.05) is 7.05 Å². The summed E-state index contributed by atoms with van der Waals surface area (Å²) >= 11 is 0. The van der Waals surface area contributed by atoms with Crippen LogP contribution in [0.2, 0.25) is 0 Å². The maximum atomic E-state index is 5.41. The third-order valence-electron chi connectivity index (χ3n) is 4.02. The topological polar surface area (TPSA) is 21.3 Å². The quantitative estimate of drug-likeness (QED) is 0.824. The largest absolute Gasteiger partial charge is 0.377 e. The fraction of sp³-hybridized carbons (Fsp3) is 0.571. The van der Waals surface area contributed by atoms with Gasteiger partial charge < -0.3 is 10.1 Å². The van der Waals surface area contributed by atoms with Crippen LogP contribution in [0, 0.1) is 27.7 Å². The van der Waals surface area contributed by atoms with Gasteiger partial charge in [-0.2, -0.15) is 0 Å². The molecule has 1 fully saturated rings. The van der Waals surface area contributed by atoms with Gasteiger partial charge in [-0.25, -0.2) is 0 Å². The smallest absolute Gasteiger partial charge is 0.0911 e. The van der Waals surface area contributed by atoms with E-state index in [1.54, 1.807) is 0 Å². The summed E-state index contributed by atoms with van der Waals surface area (Å²) in [5.41, 5.74) is 7.05. The van der Waals surface area contributed by atoms with Gasteiger partial charge in [0.2, 0.25) is 0 Å². The van der Waals surface area contributed by atoms with Crippen molar-refractivity contribution in [3.63, 3.8) is 0 Å². The van der Waals surface area contributed by atoms with Crippen LogP contribution in [0.1, 0.15) is 27.8 Å². The van der Waals surface area contributed by atoms with Crippen molar-refractivity contribution in [1.29, 1.82) is 0 Å². The summed E-state index contributed by atoms with van der Waals surface area (Å²) in [7, 11) is 2.03. The third kappa shape index (κ3) is 1.48. The molecule has 1 aromatic rings. The number of hydrogen-bond donors (Lipinski definition) is 1. The van der Waals surface area contributed by atoms with Gasteiger partial charge in [0.1, 0.15) is 0 Å². The van der Waals surface area contributed by atoms with E-state index in [2.05, 4.69) is 39.1 Å². The van der Waals surface area contributed by atoms with E-state index in [0.29, 0.717) is 0 Å². The Labute approximate surface area is 98.0 Å². The minimum absolute atomic E-state index is 0.0466. The first kappa shape index (κ1) is 11.6. The minimum Gasteiger partial charge on any atom is -0.377 e. The molecular formula is C14H21NO. The fourth-order valence-electron chi connectivity index (χ4n) is 2.65. The standard InChI is InChI=1S/C14H21NO/c1-9-6-10(2)12(4)13(11(9)3)14(15-5)7-16-8-14/h6,15H,7-8H2,1-5H3. The lowest BCUT2D eigenvalue weighted by molar-refractivity contribution is -0.0754. The van der Waals surface area contributed by atoms with Crippen LogP contribution in [0.3, 0.4) is 0 Å². The minimum atomic E-state index is 0.0466. The summed E-state index contributed by atoms with van der Waals surface area (Å²) in [6, 6.07) is 2.27. The second-order valence-electron chi connectivity index (χ2n) is 4.96.